The molecule has 0 saturated heterocycles. The first kappa shape index (κ1) is 16.4. The Hall–Kier alpha value is -3.41. The summed E-state index contributed by atoms with van der Waals surface area (Å²) < 4.78 is 1.70. The van der Waals surface area contributed by atoms with Gasteiger partial charge < -0.3 is 10.6 Å². The van der Waals surface area contributed by atoms with Gasteiger partial charge in [-0.1, -0.05) is 30.3 Å². The van der Waals surface area contributed by atoms with Crippen LogP contribution in [0, 0.1) is 13.8 Å². The van der Waals surface area contributed by atoms with Crippen LogP contribution in [-0.2, 0) is 9.59 Å². The van der Waals surface area contributed by atoms with Crippen LogP contribution in [0.3, 0.4) is 0 Å². The number of hydrogen-bond acceptors (Lipinski definition) is 3. The van der Waals surface area contributed by atoms with Crippen LogP contribution in [0.25, 0.3) is 5.69 Å². The van der Waals surface area contributed by atoms with E-state index < -0.39 is 11.8 Å². The minimum Gasteiger partial charge on any atom is -0.318 e. The zero-order valence-corrected chi connectivity index (χ0v) is 14.0. The fourth-order valence-corrected chi connectivity index (χ4v) is 2.45. The van der Waals surface area contributed by atoms with Gasteiger partial charge in [-0.25, -0.2) is 4.68 Å². The lowest BCUT2D eigenvalue weighted by Crippen LogP contribution is -2.29. The minimum absolute atomic E-state index is 0.494. The molecule has 6 nitrogen and oxygen atoms in total. The second kappa shape index (κ2) is 7.00. The quantitative estimate of drug-likeness (QED) is 0.723. The molecule has 0 fully saturated rings. The summed E-state index contributed by atoms with van der Waals surface area (Å²) in [6, 6.07) is 16.8. The van der Waals surface area contributed by atoms with Gasteiger partial charge in [0.05, 0.1) is 23.3 Å². The third-order valence-electron chi connectivity index (χ3n) is 3.74. The third-order valence-corrected chi connectivity index (χ3v) is 3.74. The first-order valence-corrected chi connectivity index (χ1v) is 7.83. The number of carbonyl (C=O) groups is 2. The molecule has 0 spiro atoms. The van der Waals surface area contributed by atoms with Gasteiger partial charge in [0, 0.05) is 5.69 Å². The molecule has 0 aliphatic rings. The molecule has 2 amide bonds. The van der Waals surface area contributed by atoms with Crippen LogP contribution in [0.2, 0.25) is 0 Å². The molecule has 2 N–H and O–H groups in total. The SMILES string of the molecule is Cc1cccc(NC(=O)C(=O)Nc2cnn(-c3ccccc3)c2C)c1. The lowest BCUT2D eigenvalue weighted by Gasteiger charge is -2.08. The Kier molecular flexibility index (Phi) is 4.61. The van der Waals surface area contributed by atoms with Crippen LogP contribution < -0.4 is 10.6 Å². The summed E-state index contributed by atoms with van der Waals surface area (Å²) in [6.45, 7) is 3.74. The zero-order chi connectivity index (χ0) is 17.8. The van der Waals surface area contributed by atoms with Crippen molar-refractivity contribution in [2.24, 2.45) is 0 Å². The Labute approximate surface area is 145 Å². The number of para-hydroxylation sites is 1. The number of benzene rings is 2. The summed E-state index contributed by atoms with van der Waals surface area (Å²) in [7, 11) is 0. The Balaban J connectivity index is 1.71. The molecule has 3 rings (SSSR count). The highest BCUT2D eigenvalue weighted by Crippen LogP contribution is 2.18. The van der Waals surface area contributed by atoms with Crippen LogP contribution >= 0.6 is 0 Å². The summed E-state index contributed by atoms with van der Waals surface area (Å²) in [4.78, 5) is 24.2. The summed E-state index contributed by atoms with van der Waals surface area (Å²) >= 11 is 0. The molecular formula is C19H18N4O2. The van der Waals surface area contributed by atoms with Crippen molar-refractivity contribution in [2.75, 3.05) is 10.6 Å². The molecule has 1 heterocycles. The monoisotopic (exact) mass is 334 g/mol. The predicted molar refractivity (Wildman–Crippen MR) is 96.7 cm³/mol. The van der Waals surface area contributed by atoms with Crippen molar-refractivity contribution in [3.05, 3.63) is 72.1 Å². The van der Waals surface area contributed by atoms with E-state index in [9.17, 15) is 9.59 Å². The van der Waals surface area contributed by atoms with E-state index in [2.05, 4.69) is 15.7 Å². The number of rotatable bonds is 3. The molecule has 0 radical (unpaired) electrons. The van der Waals surface area contributed by atoms with Gasteiger partial charge in [0.2, 0.25) is 0 Å². The second-order valence-corrected chi connectivity index (χ2v) is 5.67. The molecule has 3 aromatic rings. The van der Waals surface area contributed by atoms with Gasteiger partial charge >= 0.3 is 11.8 Å². The Bertz CT molecular complexity index is 916. The molecule has 0 unspecified atom stereocenters. The topological polar surface area (TPSA) is 76.0 Å². The van der Waals surface area contributed by atoms with E-state index in [4.69, 9.17) is 0 Å². The normalized spacial score (nSPS) is 10.3. The van der Waals surface area contributed by atoms with E-state index in [0.29, 0.717) is 11.4 Å². The molecule has 6 heteroatoms. The Morgan fingerprint density at radius 3 is 2.36 bits per heavy atom. The molecule has 0 aliphatic heterocycles. The third kappa shape index (κ3) is 3.74. The van der Waals surface area contributed by atoms with Gasteiger partial charge in [-0.05, 0) is 43.7 Å². The lowest BCUT2D eigenvalue weighted by atomic mass is 10.2. The molecule has 0 aliphatic carbocycles. The van der Waals surface area contributed by atoms with Gasteiger partial charge in [0.1, 0.15) is 0 Å². The number of anilines is 2. The highest BCUT2D eigenvalue weighted by molar-refractivity contribution is 6.43. The summed E-state index contributed by atoms with van der Waals surface area (Å²) in [5, 5.41) is 9.45. The summed E-state index contributed by atoms with van der Waals surface area (Å²) in [5.74, 6) is -1.46. The standard InChI is InChI=1S/C19H18N4O2/c1-13-7-6-8-15(11-13)21-18(24)19(25)22-17-12-20-23(14(17)2)16-9-4-3-5-10-16/h3-12H,1-2H3,(H,21,24)(H,22,25). The van der Waals surface area contributed by atoms with Crippen molar-refractivity contribution < 1.29 is 9.59 Å². The number of aromatic nitrogens is 2. The highest BCUT2D eigenvalue weighted by atomic mass is 16.2. The van der Waals surface area contributed by atoms with Crippen molar-refractivity contribution >= 4 is 23.2 Å². The average molecular weight is 334 g/mol. The fourth-order valence-electron chi connectivity index (χ4n) is 2.45. The van der Waals surface area contributed by atoms with Crippen molar-refractivity contribution in [1.29, 1.82) is 0 Å². The summed E-state index contributed by atoms with van der Waals surface area (Å²) in [6.07, 6.45) is 1.53. The first-order valence-electron chi connectivity index (χ1n) is 7.83. The van der Waals surface area contributed by atoms with Gasteiger partial charge in [-0.3, -0.25) is 9.59 Å². The van der Waals surface area contributed by atoms with Crippen LogP contribution in [0.5, 0.6) is 0 Å². The number of nitrogens with one attached hydrogen (secondary N) is 2. The number of carbonyl (C=O) groups excluding carboxylic acids is 2. The van der Waals surface area contributed by atoms with Gasteiger partial charge in [-0.15, -0.1) is 0 Å². The molecule has 25 heavy (non-hydrogen) atoms. The van der Waals surface area contributed by atoms with Crippen molar-refractivity contribution in [3.8, 4) is 5.69 Å². The van der Waals surface area contributed by atoms with Crippen LogP contribution in [-0.4, -0.2) is 21.6 Å². The van der Waals surface area contributed by atoms with E-state index in [1.165, 1.54) is 6.20 Å². The molecule has 126 valence electrons. The molecule has 0 atom stereocenters. The molecule has 0 saturated carbocycles. The van der Waals surface area contributed by atoms with E-state index in [1.807, 2.05) is 56.3 Å². The number of nitrogens with zero attached hydrogens (tertiary/aromatic N) is 2. The maximum Gasteiger partial charge on any atom is 0.314 e. The number of aryl methyl sites for hydroxylation is 1. The van der Waals surface area contributed by atoms with Crippen LogP contribution in [0.15, 0.2) is 60.8 Å². The number of hydrogen-bond donors (Lipinski definition) is 2. The summed E-state index contributed by atoms with van der Waals surface area (Å²) in [5.41, 5.74) is 3.69. The maximum absolute atomic E-state index is 12.1. The fraction of sp³-hybridized carbons (Fsp3) is 0.105. The molecule has 0 bridgehead atoms. The van der Waals surface area contributed by atoms with E-state index in [0.717, 1.165) is 16.9 Å². The van der Waals surface area contributed by atoms with E-state index >= 15 is 0 Å². The highest BCUT2D eigenvalue weighted by Gasteiger charge is 2.17. The average Bonchev–Trinajstić information content (AvgIpc) is 2.96. The van der Waals surface area contributed by atoms with E-state index in [-0.39, 0.29) is 0 Å². The Morgan fingerprint density at radius 2 is 1.64 bits per heavy atom. The first-order chi connectivity index (χ1) is 12.0. The lowest BCUT2D eigenvalue weighted by molar-refractivity contribution is -0.133. The molecule has 1 aromatic heterocycles. The largest absolute Gasteiger partial charge is 0.318 e. The van der Waals surface area contributed by atoms with Gasteiger partial charge in [0.15, 0.2) is 0 Å². The van der Waals surface area contributed by atoms with Crippen LogP contribution in [0.1, 0.15) is 11.3 Å². The second-order valence-electron chi connectivity index (χ2n) is 5.67. The van der Waals surface area contributed by atoms with Gasteiger partial charge in [0.25, 0.3) is 0 Å². The van der Waals surface area contributed by atoms with Crippen LogP contribution in [0.4, 0.5) is 11.4 Å². The van der Waals surface area contributed by atoms with Crippen molar-refractivity contribution in [3.63, 3.8) is 0 Å². The van der Waals surface area contributed by atoms with Gasteiger partial charge in [-0.2, -0.15) is 5.10 Å². The molecular weight excluding hydrogens is 316 g/mol. The molecule has 2 aromatic carbocycles. The predicted octanol–water partition coefficient (Wildman–Crippen LogP) is 3.07. The van der Waals surface area contributed by atoms with Crippen molar-refractivity contribution in [2.45, 2.75) is 13.8 Å². The smallest absolute Gasteiger partial charge is 0.314 e. The zero-order valence-electron chi connectivity index (χ0n) is 14.0. The van der Waals surface area contributed by atoms with E-state index in [1.54, 1.807) is 16.8 Å². The maximum atomic E-state index is 12.1. The van der Waals surface area contributed by atoms with Crippen molar-refractivity contribution in [1.82, 2.24) is 9.78 Å². The number of amides is 2. The Morgan fingerprint density at radius 1 is 0.920 bits per heavy atom. The minimum atomic E-state index is -0.739.